The first-order valence-electron chi connectivity index (χ1n) is 3.70. The Labute approximate surface area is 81.3 Å². The number of thiophene rings is 1. The number of benzene rings is 1. The van der Waals surface area contributed by atoms with Crippen LogP contribution in [0.4, 0.5) is 0 Å². The summed E-state index contributed by atoms with van der Waals surface area (Å²) in [6, 6.07) is 14.5. The van der Waals surface area contributed by atoms with Crippen LogP contribution in [0.2, 0.25) is 0 Å². The van der Waals surface area contributed by atoms with Crippen molar-refractivity contribution in [2.24, 2.45) is 0 Å². The van der Waals surface area contributed by atoms with E-state index in [1.807, 2.05) is 24.3 Å². The number of rotatable bonds is 1. The summed E-state index contributed by atoms with van der Waals surface area (Å²) < 4.78 is 1.06. The maximum absolute atomic E-state index is 4.27. The van der Waals surface area contributed by atoms with E-state index in [0.717, 1.165) is 4.21 Å². The van der Waals surface area contributed by atoms with Crippen molar-refractivity contribution >= 4 is 24.0 Å². The number of hydrogen-bond acceptors (Lipinski definition) is 2. The monoisotopic (exact) mass is 192 g/mol. The summed E-state index contributed by atoms with van der Waals surface area (Å²) in [6.45, 7) is 0. The van der Waals surface area contributed by atoms with E-state index in [2.05, 4.69) is 30.8 Å². The van der Waals surface area contributed by atoms with Crippen molar-refractivity contribution in [1.82, 2.24) is 0 Å². The summed E-state index contributed by atoms with van der Waals surface area (Å²) in [4.78, 5) is 1.28. The van der Waals surface area contributed by atoms with Crippen LogP contribution >= 0.6 is 24.0 Å². The van der Waals surface area contributed by atoms with Gasteiger partial charge in [-0.05, 0) is 17.7 Å². The van der Waals surface area contributed by atoms with Crippen molar-refractivity contribution in [2.75, 3.05) is 0 Å². The minimum absolute atomic E-state index is 1.06. The third-order valence-electron chi connectivity index (χ3n) is 1.65. The lowest BCUT2D eigenvalue weighted by atomic mass is 10.2. The lowest BCUT2D eigenvalue weighted by Gasteiger charge is -1.93. The maximum Gasteiger partial charge on any atom is 0.0574 e. The van der Waals surface area contributed by atoms with Crippen molar-refractivity contribution in [3.63, 3.8) is 0 Å². The molecule has 60 valence electrons. The van der Waals surface area contributed by atoms with Crippen molar-refractivity contribution in [3.05, 3.63) is 42.5 Å². The third-order valence-corrected chi connectivity index (χ3v) is 3.01. The highest BCUT2D eigenvalue weighted by Gasteiger charge is 1.98. The third kappa shape index (κ3) is 1.54. The second kappa shape index (κ2) is 3.33. The fourth-order valence-electron chi connectivity index (χ4n) is 1.09. The zero-order valence-corrected chi connectivity index (χ0v) is 8.11. The van der Waals surface area contributed by atoms with Crippen LogP contribution in [0.15, 0.2) is 46.7 Å². The van der Waals surface area contributed by atoms with E-state index in [0.29, 0.717) is 0 Å². The van der Waals surface area contributed by atoms with Gasteiger partial charge in [0.15, 0.2) is 0 Å². The van der Waals surface area contributed by atoms with Crippen molar-refractivity contribution in [1.29, 1.82) is 0 Å². The van der Waals surface area contributed by atoms with Gasteiger partial charge in [-0.25, -0.2) is 0 Å². The highest BCUT2D eigenvalue weighted by molar-refractivity contribution is 7.83. The molecule has 0 aliphatic heterocycles. The molecule has 1 aromatic heterocycles. The quantitative estimate of drug-likeness (QED) is 0.654. The predicted molar refractivity (Wildman–Crippen MR) is 57.0 cm³/mol. The van der Waals surface area contributed by atoms with Crippen LogP contribution in [0.25, 0.3) is 10.4 Å². The number of hydrogen-bond donors (Lipinski definition) is 1. The standard InChI is InChI=1S/C10H8S2/c11-10-7-6-9(12-10)8-4-2-1-3-5-8/h1-7,11H. The molecule has 0 bridgehead atoms. The molecule has 2 heteroatoms. The molecule has 1 aromatic carbocycles. The molecule has 0 aliphatic carbocycles. The fraction of sp³-hybridized carbons (Fsp3) is 0. The maximum atomic E-state index is 4.27. The van der Waals surface area contributed by atoms with Gasteiger partial charge in [0.1, 0.15) is 0 Å². The molecule has 0 saturated carbocycles. The molecule has 2 aromatic rings. The van der Waals surface area contributed by atoms with Gasteiger partial charge in [-0.3, -0.25) is 0 Å². The zero-order chi connectivity index (χ0) is 8.39. The van der Waals surface area contributed by atoms with Crippen LogP contribution in [0, 0.1) is 0 Å². The molecule has 0 aliphatic rings. The largest absolute Gasteiger partial charge is 0.133 e. The second-order valence-corrected chi connectivity index (χ2v) is 4.37. The molecule has 0 atom stereocenters. The Balaban J connectivity index is 2.45. The van der Waals surface area contributed by atoms with Crippen molar-refractivity contribution < 1.29 is 0 Å². The van der Waals surface area contributed by atoms with E-state index >= 15 is 0 Å². The van der Waals surface area contributed by atoms with E-state index < -0.39 is 0 Å². The topological polar surface area (TPSA) is 0 Å². The highest BCUT2D eigenvalue weighted by Crippen LogP contribution is 2.29. The van der Waals surface area contributed by atoms with Crippen LogP contribution in [0.1, 0.15) is 0 Å². The average Bonchev–Trinajstić information content (AvgIpc) is 2.54. The Morgan fingerprint density at radius 1 is 0.917 bits per heavy atom. The van der Waals surface area contributed by atoms with Gasteiger partial charge >= 0.3 is 0 Å². The first kappa shape index (κ1) is 7.90. The molecule has 0 N–H and O–H groups in total. The van der Waals surface area contributed by atoms with Gasteiger partial charge < -0.3 is 0 Å². The summed E-state index contributed by atoms with van der Waals surface area (Å²) in [5.41, 5.74) is 1.27. The first-order chi connectivity index (χ1) is 5.86. The Morgan fingerprint density at radius 3 is 2.25 bits per heavy atom. The minimum Gasteiger partial charge on any atom is -0.133 e. The summed E-state index contributed by atoms with van der Waals surface area (Å²) >= 11 is 5.98. The average molecular weight is 192 g/mol. The number of thiol groups is 1. The van der Waals surface area contributed by atoms with Crippen LogP contribution in [0.3, 0.4) is 0 Å². The lowest BCUT2D eigenvalue weighted by molar-refractivity contribution is 1.69. The van der Waals surface area contributed by atoms with Crippen LogP contribution < -0.4 is 0 Å². The normalized spacial score (nSPS) is 10.1. The van der Waals surface area contributed by atoms with Crippen molar-refractivity contribution in [2.45, 2.75) is 4.21 Å². The van der Waals surface area contributed by atoms with Crippen LogP contribution in [-0.4, -0.2) is 0 Å². The van der Waals surface area contributed by atoms with Gasteiger partial charge in [-0.15, -0.1) is 24.0 Å². The SMILES string of the molecule is Sc1ccc(-c2ccccc2)s1. The summed E-state index contributed by atoms with van der Waals surface area (Å²) in [5, 5.41) is 0. The van der Waals surface area contributed by atoms with Gasteiger partial charge in [-0.2, -0.15) is 0 Å². The Bertz CT molecular complexity index is 362. The van der Waals surface area contributed by atoms with Gasteiger partial charge in [-0.1, -0.05) is 30.3 Å². The van der Waals surface area contributed by atoms with E-state index in [9.17, 15) is 0 Å². The molecule has 12 heavy (non-hydrogen) atoms. The van der Waals surface area contributed by atoms with E-state index in [1.165, 1.54) is 10.4 Å². The molecule has 0 nitrogen and oxygen atoms in total. The smallest absolute Gasteiger partial charge is 0.0574 e. The van der Waals surface area contributed by atoms with Gasteiger partial charge in [0.25, 0.3) is 0 Å². The second-order valence-electron chi connectivity index (χ2n) is 2.50. The van der Waals surface area contributed by atoms with Gasteiger partial charge in [0.05, 0.1) is 4.21 Å². The molecule has 0 radical (unpaired) electrons. The van der Waals surface area contributed by atoms with Crippen LogP contribution in [0.5, 0.6) is 0 Å². The van der Waals surface area contributed by atoms with Crippen LogP contribution in [-0.2, 0) is 0 Å². The van der Waals surface area contributed by atoms with E-state index in [4.69, 9.17) is 0 Å². The van der Waals surface area contributed by atoms with Gasteiger partial charge in [0, 0.05) is 4.88 Å². The van der Waals surface area contributed by atoms with E-state index in [1.54, 1.807) is 11.3 Å². The fourth-order valence-corrected chi connectivity index (χ4v) is 2.21. The molecule has 0 fully saturated rings. The Hall–Kier alpha value is -0.730. The minimum atomic E-state index is 1.06. The summed E-state index contributed by atoms with van der Waals surface area (Å²) in [7, 11) is 0. The predicted octanol–water partition coefficient (Wildman–Crippen LogP) is 3.70. The first-order valence-corrected chi connectivity index (χ1v) is 4.97. The Kier molecular flexibility index (Phi) is 2.19. The molecule has 0 spiro atoms. The Morgan fingerprint density at radius 2 is 1.67 bits per heavy atom. The highest BCUT2D eigenvalue weighted by atomic mass is 32.2. The molecule has 2 rings (SSSR count). The molecule has 0 unspecified atom stereocenters. The van der Waals surface area contributed by atoms with E-state index in [-0.39, 0.29) is 0 Å². The van der Waals surface area contributed by atoms with Crippen molar-refractivity contribution in [3.8, 4) is 10.4 Å². The molecular weight excluding hydrogens is 184 g/mol. The summed E-state index contributed by atoms with van der Waals surface area (Å²) in [5.74, 6) is 0. The molecule has 0 amide bonds. The molecule has 1 heterocycles. The zero-order valence-electron chi connectivity index (χ0n) is 6.40. The molecular formula is C10H8S2. The summed E-state index contributed by atoms with van der Waals surface area (Å²) in [6.07, 6.45) is 0. The molecule has 0 saturated heterocycles. The lowest BCUT2D eigenvalue weighted by Crippen LogP contribution is -1.67. The van der Waals surface area contributed by atoms with Gasteiger partial charge in [0.2, 0.25) is 0 Å².